The normalized spacial score (nSPS) is 33.1. The Morgan fingerprint density at radius 3 is 3.08 bits per heavy atom. The summed E-state index contributed by atoms with van der Waals surface area (Å²) < 4.78 is 6.03. The minimum absolute atomic E-state index is 0.258. The smallest absolute Gasteiger partial charge is 0.0922 e. The van der Waals surface area contributed by atoms with Crippen LogP contribution in [0.5, 0.6) is 0 Å². The highest BCUT2D eigenvalue weighted by molar-refractivity contribution is 4.97. The number of likely N-dealkylation sites (tertiary alicyclic amines) is 1. The molecule has 0 radical (unpaired) electrons. The zero-order valence-corrected chi connectivity index (χ0v) is 14.3. The van der Waals surface area contributed by atoms with E-state index < -0.39 is 0 Å². The van der Waals surface area contributed by atoms with Crippen molar-refractivity contribution in [2.75, 3.05) is 52.5 Å². The summed E-state index contributed by atoms with van der Waals surface area (Å²) in [7, 11) is 0. The number of rotatable bonds is 4. The standard InChI is InChI=1S/C16H29N7O/c1-2-16(10-22(3-1)8-14-6-17-13-18-14)11-23(4-5-24-12-16)9-15-7-19-21-20-15/h6,13,15,19-21H,1-5,7-12H2,(H,17,18). The molecule has 4 rings (SSSR count). The van der Waals surface area contributed by atoms with Crippen molar-refractivity contribution in [1.29, 1.82) is 0 Å². The summed E-state index contributed by atoms with van der Waals surface area (Å²) in [6, 6.07) is 0.463. The number of hydrogen-bond acceptors (Lipinski definition) is 7. The van der Waals surface area contributed by atoms with Crippen LogP contribution in [0, 0.1) is 5.41 Å². The molecule has 3 fully saturated rings. The SMILES string of the molecule is c1ncc(CN2CCCC3(COCCN(CC4CNNN4)C3)C2)[nH]1. The average Bonchev–Trinajstić information content (AvgIpc) is 3.22. The largest absolute Gasteiger partial charge is 0.379 e. The molecule has 4 N–H and O–H groups in total. The first kappa shape index (κ1) is 16.4. The molecular formula is C16H29N7O. The maximum Gasteiger partial charge on any atom is 0.0922 e. The van der Waals surface area contributed by atoms with Gasteiger partial charge in [-0.25, -0.2) is 15.8 Å². The van der Waals surface area contributed by atoms with Gasteiger partial charge in [0, 0.05) is 62.6 Å². The van der Waals surface area contributed by atoms with E-state index in [2.05, 4.69) is 36.2 Å². The van der Waals surface area contributed by atoms with Crippen LogP contribution in [0.2, 0.25) is 0 Å². The van der Waals surface area contributed by atoms with Gasteiger partial charge in [-0.15, -0.1) is 0 Å². The minimum Gasteiger partial charge on any atom is -0.379 e. The number of H-pyrrole nitrogens is 1. The van der Waals surface area contributed by atoms with Crippen LogP contribution in [-0.4, -0.2) is 78.3 Å². The molecule has 1 spiro atoms. The Kier molecular flexibility index (Phi) is 5.11. The Bertz CT molecular complexity index is 505. The number of hydrogen-bond donors (Lipinski definition) is 4. The Morgan fingerprint density at radius 2 is 2.25 bits per heavy atom. The molecule has 2 unspecified atom stereocenters. The summed E-state index contributed by atoms with van der Waals surface area (Å²) in [5, 5.41) is 0. The van der Waals surface area contributed by atoms with Crippen molar-refractivity contribution in [3.63, 3.8) is 0 Å². The van der Waals surface area contributed by atoms with Gasteiger partial charge in [0.05, 0.1) is 19.5 Å². The fourth-order valence-corrected chi connectivity index (χ4v) is 4.34. The van der Waals surface area contributed by atoms with Crippen molar-refractivity contribution < 1.29 is 4.74 Å². The van der Waals surface area contributed by atoms with Crippen LogP contribution >= 0.6 is 0 Å². The van der Waals surface area contributed by atoms with Gasteiger partial charge in [-0.3, -0.25) is 9.80 Å². The highest BCUT2D eigenvalue weighted by Gasteiger charge is 2.39. The second-order valence-corrected chi connectivity index (χ2v) is 7.53. The number of imidazole rings is 1. The molecule has 3 aliphatic rings. The van der Waals surface area contributed by atoms with Crippen molar-refractivity contribution in [2.24, 2.45) is 5.41 Å². The molecule has 0 aromatic carbocycles. The predicted octanol–water partition coefficient (Wildman–Crippen LogP) is -0.695. The first-order chi connectivity index (χ1) is 11.8. The molecule has 1 aromatic heterocycles. The summed E-state index contributed by atoms with van der Waals surface area (Å²) >= 11 is 0. The zero-order chi connectivity index (χ0) is 16.2. The minimum atomic E-state index is 0.258. The Hall–Kier alpha value is -1.03. The molecule has 3 aliphatic heterocycles. The summed E-state index contributed by atoms with van der Waals surface area (Å²) in [5.74, 6) is 0. The van der Waals surface area contributed by atoms with Crippen molar-refractivity contribution in [2.45, 2.75) is 25.4 Å². The van der Waals surface area contributed by atoms with Crippen LogP contribution in [0.25, 0.3) is 0 Å². The van der Waals surface area contributed by atoms with E-state index in [4.69, 9.17) is 4.74 Å². The van der Waals surface area contributed by atoms with E-state index in [1.54, 1.807) is 6.33 Å². The number of piperidine rings is 1. The molecule has 4 heterocycles. The van der Waals surface area contributed by atoms with Gasteiger partial charge >= 0.3 is 0 Å². The fraction of sp³-hybridized carbons (Fsp3) is 0.812. The lowest BCUT2D eigenvalue weighted by molar-refractivity contribution is 0.00230. The monoisotopic (exact) mass is 335 g/mol. The van der Waals surface area contributed by atoms with Gasteiger partial charge in [-0.05, 0) is 19.4 Å². The van der Waals surface area contributed by atoms with Crippen molar-refractivity contribution in [3.8, 4) is 0 Å². The third kappa shape index (κ3) is 3.96. The molecule has 0 bridgehead atoms. The maximum absolute atomic E-state index is 6.03. The molecule has 134 valence electrons. The lowest BCUT2D eigenvalue weighted by Gasteiger charge is -2.43. The van der Waals surface area contributed by atoms with Crippen LogP contribution < -0.4 is 16.4 Å². The topological polar surface area (TPSA) is 80.5 Å². The highest BCUT2D eigenvalue weighted by Crippen LogP contribution is 2.33. The first-order valence-electron chi connectivity index (χ1n) is 9.04. The van der Waals surface area contributed by atoms with Crippen LogP contribution in [0.4, 0.5) is 0 Å². The van der Waals surface area contributed by atoms with E-state index in [1.165, 1.54) is 25.1 Å². The van der Waals surface area contributed by atoms with E-state index in [0.29, 0.717) is 6.04 Å². The van der Waals surface area contributed by atoms with Crippen LogP contribution in [0.1, 0.15) is 18.5 Å². The zero-order valence-electron chi connectivity index (χ0n) is 14.3. The van der Waals surface area contributed by atoms with Gasteiger partial charge in [0.2, 0.25) is 0 Å². The predicted molar refractivity (Wildman–Crippen MR) is 90.9 cm³/mol. The second-order valence-electron chi connectivity index (χ2n) is 7.53. The van der Waals surface area contributed by atoms with Crippen molar-refractivity contribution in [1.82, 2.24) is 36.2 Å². The fourth-order valence-electron chi connectivity index (χ4n) is 4.34. The number of aromatic amines is 1. The van der Waals surface area contributed by atoms with E-state index in [9.17, 15) is 0 Å². The number of nitrogens with one attached hydrogen (secondary N) is 4. The molecule has 3 saturated heterocycles. The van der Waals surface area contributed by atoms with Gasteiger partial charge < -0.3 is 9.72 Å². The van der Waals surface area contributed by atoms with E-state index in [0.717, 1.165) is 52.5 Å². The number of aromatic nitrogens is 2. The van der Waals surface area contributed by atoms with E-state index in [-0.39, 0.29) is 5.41 Å². The van der Waals surface area contributed by atoms with Gasteiger partial charge in [0.25, 0.3) is 0 Å². The van der Waals surface area contributed by atoms with Gasteiger partial charge in [-0.2, -0.15) is 5.53 Å². The summed E-state index contributed by atoms with van der Waals surface area (Å²) in [4.78, 5) is 12.5. The molecule has 1 aromatic rings. The quantitative estimate of drug-likeness (QED) is 0.580. The van der Waals surface area contributed by atoms with Crippen molar-refractivity contribution in [3.05, 3.63) is 18.2 Å². The molecule has 0 amide bonds. The molecule has 8 nitrogen and oxygen atoms in total. The number of hydrazine groups is 2. The summed E-state index contributed by atoms with van der Waals surface area (Å²) in [6.07, 6.45) is 6.21. The second kappa shape index (κ2) is 7.47. The summed E-state index contributed by atoms with van der Waals surface area (Å²) in [6.45, 7) is 9.15. The molecular weight excluding hydrogens is 306 g/mol. The molecule has 0 aliphatic carbocycles. The third-order valence-electron chi connectivity index (χ3n) is 5.40. The summed E-state index contributed by atoms with van der Waals surface area (Å²) in [5.41, 5.74) is 10.9. The average molecular weight is 335 g/mol. The number of ether oxygens (including phenoxy) is 1. The molecule has 2 atom stereocenters. The Labute approximate surface area is 143 Å². The number of nitrogens with zero attached hydrogens (tertiary/aromatic N) is 3. The molecule has 0 saturated carbocycles. The lowest BCUT2D eigenvalue weighted by atomic mass is 9.80. The maximum atomic E-state index is 6.03. The Morgan fingerprint density at radius 1 is 1.29 bits per heavy atom. The van der Waals surface area contributed by atoms with E-state index >= 15 is 0 Å². The first-order valence-corrected chi connectivity index (χ1v) is 9.04. The van der Waals surface area contributed by atoms with Gasteiger partial charge in [0.1, 0.15) is 0 Å². The van der Waals surface area contributed by atoms with Gasteiger partial charge in [0.15, 0.2) is 0 Å². The lowest BCUT2D eigenvalue weighted by Crippen LogP contribution is -2.52. The highest BCUT2D eigenvalue weighted by atomic mass is 16.5. The Balaban J connectivity index is 1.39. The van der Waals surface area contributed by atoms with Crippen molar-refractivity contribution >= 4 is 0 Å². The van der Waals surface area contributed by atoms with Crippen LogP contribution in [0.15, 0.2) is 12.5 Å². The van der Waals surface area contributed by atoms with E-state index in [1.807, 2.05) is 6.20 Å². The third-order valence-corrected chi connectivity index (χ3v) is 5.40. The molecule has 8 heteroatoms. The van der Waals surface area contributed by atoms with Crippen LogP contribution in [0.3, 0.4) is 0 Å². The van der Waals surface area contributed by atoms with Crippen LogP contribution in [-0.2, 0) is 11.3 Å². The van der Waals surface area contributed by atoms with Gasteiger partial charge in [-0.1, -0.05) is 0 Å². The molecule has 24 heavy (non-hydrogen) atoms.